The van der Waals surface area contributed by atoms with Gasteiger partial charge in [-0.15, -0.1) is 0 Å². The zero-order valence-corrected chi connectivity index (χ0v) is 15.2. The van der Waals surface area contributed by atoms with E-state index in [-0.39, 0.29) is 5.91 Å². The van der Waals surface area contributed by atoms with E-state index >= 15 is 0 Å². The van der Waals surface area contributed by atoms with Gasteiger partial charge in [0.2, 0.25) is 0 Å². The molecule has 0 fully saturated rings. The summed E-state index contributed by atoms with van der Waals surface area (Å²) in [4.78, 5) is 21.9. The summed E-state index contributed by atoms with van der Waals surface area (Å²) in [5.41, 5.74) is 12.6. The molecule has 0 aromatic heterocycles. The Balaban J connectivity index is 0. The number of hydrogen-bond donors (Lipinski definition) is 2. The van der Waals surface area contributed by atoms with Crippen molar-refractivity contribution in [3.8, 4) is 5.75 Å². The monoisotopic (exact) mass is 337 g/mol. The fraction of sp³-hybridized carbons (Fsp3) is 0.500. The Kier molecular flexibility index (Phi) is 14.7. The van der Waals surface area contributed by atoms with Gasteiger partial charge >= 0.3 is 0 Å². The first-order valence-electron chi connectivity index (χ1n) is 7.79. The molecule has 1 aromatic carbocycles. The summed E-state index contributed by atoms with van der Waals surface area (Å²) in [7, 11) is 1.50. The summed E-state index contributed by atoms with van der Waals surface area (Å²) < 4.78 is 5.35. The lowest BCUT2D eigenvalue weighted by Crippen LogP contribution is -2.30. The standard InChI is InChI=1S/C9H10O.C7H14N2O.CH5N.CH2O/c1-7-2-3-9-8(6-7)4-5-10-9;1-5(2)4-6(8)7(10)9-3;2*1-2/h2-3,6H,4-5H2,1H3;5-6H,3-4,8H2,1-2H3;2H2,1H3;1H2. The second kappa shape index (κ2) is 14.5. The summed E-state index contributed by atoms with van der Waals surface area (Å²) in [5, 5.41) is 0. The van der Waals surface area contributed by atoms with Gasteiger partial charge in [-0.05, 0) is 44.7 Å². The van der Waals surface area contributed by atoms with E-state index < -0.39 is 6.04 Å². The number of amides is 1. The highest BCUT2D eigenvalue weighted by atomic mass is 16.5. The summed E-state index contributed by atoms with van der Waals surface area (Å²) in [6.45, 7) is 12.1. The van der Waals surface area contributed by atoms with Gasteiger partial charge < -0.3 is 21.0 Å². The molecule has 1 aliphatic heterocycles. The molecule has 1 unspecified atom stereocenters. The van der Waals surface area contributed by atoms with Crippen LogP contribution in [0.3, 0.4) is 0 Å². The molecule has 136 valence electrons. The average molecular weight is 337 g/mol. The van der Waals surface area contributed by atoms with Crippen LogP contribution in [0.25, 0.3) is 0 Å². The maximum absolute atomic E-state index is 10.7. The Morgan fingerprint density at radius 2 is 1.92 bits per heavy atom. The normalized spacial score (nSPS) is 12.0. The number of aliphatic imine (C=N–C) groups is 1. The molecule has 2 rings (SSSR count). The number of fused-ring (bicyclic) bond motifs is 1. The van der Waals surface area contributed by atoms with Crippen LogP contribution in [0.15, 0.2) is 23.2 Å². The molecule has 4 N–H and O–H groups in total. The van der Waals surface area contributed by atoms with Crippen molar-refractivity contribution in [3.05, 3.63) is 29.3 Å². The average Bonchev–Trinajstić information content (AvgIpc) is 3.05. The van der Waals surface area contributed by atoms with Crippen molar-refractivity contribution in [2.24, 2.45) is 22.4 Å². The zero-order chi connectivity index (χ0) is 19.1. The van der Waals surface area contributed by atoms with E-state index in [2.05, 4.69) is 42.6 Å². The quantitative estimate of drug-likeness (QED) is 0.819. The van der Waals surface area contributed by atoms with Gasteiger partial charge in [-0.25, -0.2) is 4.99 Å². The maximum atomic E-state index is 10.7. The van der Waals surface area contributed by atoms with Crippen molar-refractivity contribution in [2.75, 3.05) is 13.7 Å². The molecule has 6 nitrogen and oxygen atoms in total. The molecule has 0 radical (unpaired) electrons. The predicted molar refractivity (Wildman–Crippen MR) is 99.6 cm³/mol. The minimum Gasteiger partial charge on any atom is -0.493 e. The second-order valence-corrected chi connectivity index (χ2v) is 5.44. The van der Waals surface area contributed by atoms with Crippen molar-refractivity contribution in [3.63, 3.8) is 0 Å². The highest BCUT2D eigenvalue weighted by molar-refractivity contribution is 5.85. The van der Waals surface area contributed by atoms with Crippen molar-refractivity contribution in [1.82, 2.24) is 0 Å². The lowest BCUT2D eigenvalue weighted by Gasteiger charge is -2.08. The molecule has 1 aliphatic rings. The van der Waals surface area contributed by atoms with Crippen molar-refractivity contribution in [1.29, 1.82) is 0 Å². The number of carbonyl (C=O) groups is 2. The van der Waals surface area contributed by atoms with Crippen LogP contribution in [0.2, 0.25) is 0 Å². The first-order valence-corrected chi connectivity index (χ1v) is 7.79. The molecule has 0 aliphatic carbocycles. The number of carbonyl (C=O) groups excluding carboxylic acids is 2. The van der Waals surface area contributed by atoms with Gasteiger partial charge in [0, 0.05) is 6.42 Å². The zero-order valence-electron chi connectivity index (χ0n) is 15.2. The van der Waals surface area contributed by atoms with Crippen LogP contribution in [-0.4, -0.2) is 39.1 Å². The number of ether oxygens (including phenoxy) is 1. The Morgan fingerprint density at radius 1 is 1.33 bits per heavy atom. The van der Waals surface area contributed by atoms with Gasteiger partial charge in [-0.3, -0.25) is 4.79 Å². The van der Waals surface area contributed by atoms with Gasteiger partial charge in [0.25, 0.3) is 5.91 Å². The Morgan fingerprint density at radius 3 is 2.42 bits per heavy atom. The SMILES string of the molecule is C=NC(=O)C(N)CC(C)C.C=O.CN.Cc1ccc2c(c1)CCO2. The molecule has 0 saturated carbocycles. The summed E-state index contributed by atoms with van der Waals surface area (Å²) >= 11 is 0. The minimum atomic E-state index is -0.461. The Labute approximate surface area is 145 Å². The third-order valence-corrected chi connectivity index (χ3v) is 3.04. The van der Waals surface area contributed by atoms with E-state index in [9.17, 15) is 4.79 Å². The molecule has 0 saturated heterocycles. The summed E-state index contributed by atoms with van der Waals surface area (Å²) in [6, 6.07) is 5.88. The molecule has 0 spiro atoms. The highest BCUT2D eigenvalue weighted by Gasteiger charge is 2.12. The number of nitrogens with zero attached hydrogens (tertiary/aromatic N) is 1. The predicted octanol–water partition coefficient (Wildman–Crippen LogP) is 1.91. The van der Waals surface area contributed by atoms with Crippen LogP contribution in [-0.2, 0) is 16.0 Å². The minimum absolute atomic E-state index is 0.311. The van der Waals surface area contributed by atoms with E-state index in [0.29, 0.717) is 12.3 Å². The number of rotatable bonds is 3. The van der Waals surface area contributed by atoms with Gasteiger partial charge in [-0.1, -0.05) is 31.5 Å². The third kappa shape index (κ3) is 9.86. The molecule has 1 heterocycles. The lowest BCUT2D eigenvalue weighted by atomic mass is 10.0. The van der Waals surface area contributed by atoms with Gasteiger partial charge in [-0.2, -0.15) is 0 Å². The molecule has 24 heavy (non-hydrogen) atoms. The Hall–Kier alpha value is -2.05. The van der Waals surface area contributed by atoms with E-state index in [1.54, 1.807) is 0 Å². The van der Waals surface area contributed by atoms with Gasteiger partial charge in [0.05, 0.1) is 12.6 Å². The number of nitrogens with two attached hydrogens (primary N) is 2. The van der Waals surface area contributed by atoms with Crippen molar-refractivity contribution in [2.45, 2.75) is 39.7 Å². The van der Waals surface area contributed by atoms with Gasteiger partial charge in [0.1, 0.15) is 12.5 Å². The summed E-state index contributed by atoms with van der Waals surface area (Å²) in [5.74, 6) is 1.19. The fourth-order valence-electron chi connectivity index (χ4n) is 2.04. The largest absolute Gasteiger partial charge is 0.493 e. The van der Waals surface area contributed by atoms with E-state index in [1.807, 2.05) is 20.6 Å². The van der Waals surface area contributed by atoms with Crippen LogP contribution >= 0.6 is 0 Å². The fourth-order valence-corrected chi connectivity index (χ4v) is 2.04. The van der Waals surface area contributed by atoms with E-state index in [4.69, 9.17) is 15.3 Å². The van der Waals surface area contributed by atoms with E-state index in [1.165, 1.54) is 18.2 Å². The van der Waals surface area contributed by atoms with Gasteiger partial charge in [0.15, 0.2) is 0 Å². The summed E-state index contributed by atoms with van der Waals surface area (Å²) in [6.07, 6.45) is 1.76. The van der Waals surface area contributed by atoms with Crippen LogP contribution in [0, 0.1) is 12.8 Å². The number of aryl methyl sites for hydroxylation is 1. The smallest absolute Gasteiger partial charge is 0.261 e. The van der Waals surface area contributed by atoms with Crippen molar-refractivity contribution >= 4 is 19.4 Å². The molecule has 1 amide bonds. The van der Waals surface area contributed by atoms with E-state index in [0.717, 1.165) is 18.8 Å². The third-order valence-electron chi connectivity index (χ3n) is 3.04. The first kappa shape index (κ1) is 24.2. The number of hydrogen-bond acceptors (Lipinski definition) is 5. The van der Waals surface area contributed by atoms with Crippen LogP contribution in [0.1, 0.15) is 31.4 Å². The lowest BCUT2D eigenvalue weighted by molar-refractivity contribution is -0.119. The topological polar surface area (TPSA) is 108 Å². The number of benzene rings is 1. The van der Waals surface area contributed by atoms with Crippen LogP contribution in [0.4, 0.5) is 0 Å². The van der Waals surface area contributed by atoms with Crippen LogP contribution in [0.5, 0.6) is 5.75 Å². The molecule has 0 bridgehead atoms. The van der Waals surface area contributed by atoms with Crippen molar-refractivity contribution < 1.29 is 14.3 Å². The first-order chi connectivity index (χ1) is 11.4. The maximum Gasteiger partial charge on any atom is 0.261 e. The molecule has 1 aromatic rings. The molecular formula is C18H31N3O3. The molecular weight excluding hydrogens is 306 g/mol. The molecule has 1 atom stereocenters. The molecule has 6 heteroatoms. The second-order valence-electron chi connectivity index (χ2n) is 5.44. The highest BCUT2D eigenvalue weighted by Crippen LogP contribution is 2.25. The van der Waals surface area contributed by atoms with Crippen LogP contribution < -0.4 is 16.2 Å². The Bertz CT molecular complexity index is 490.